The van der Waals surface area contributed by atoms with E-state index in [1.165, 1.54) is 0 Å². The smallest absolute Gasteiger partial charge is 0.207 e. The van der Waals surface area contributed by atoms with Crippen LogP contribution in [0.15, 0.2) is 29.2 Å². The Morgan fingerprint density at radius 2 is 2.00 bits per heavy atom. The van der Waals surface area contributed by atoms with Crippen molar-refractivity contribution in [3.8, 4) is 0 Å². The number of rotatable bonds is 3. The summed E-state index contributed by atoms with van der Waals surface area (Å²) in [5, 5.41) is 0. The summed E-state index contributed by atoms with van der Waals surface area (Å²) in [5.41, 5.74) is 0.836. The second-order valence-corrected chi connectivity index (χ2v) is 7.07. The number of benzene rings is 1. The van der Waals surface area contributed by atoms with Gasteiger partial charge in [0.1, 0.15) is 0 Å². The highest BCUT2D eigenvalue weighted by Crippen LogP contribution is 2.24. The quantitative estimate of drug-likeness (QED) is 0.802. The van der Waals surface area contributed by atoms with E-state index in [2.05, 4.69) is 6.92 Å². The molecule has 5 heteroatoms. The van der Waals surface area contributed by atoms with Crippen LogP contribution in [0.4, 0.5) is 0 Å². The minimum absolute atomic E-state index is 0.334. The predicted octanol–water partition coefficient (Wildman–Crippen LogP) is 2.85. The molecule has 0 aliphatic carbocycles. The molecule has 0 radical (unpaired) electrons. The Labute approximate surface area is 114 Å². The van der Waals surface area contributed by atoms with Gasteiger partial charge in [-0.25, -0.2) is 8.42 Å². The van der Waals surface area contributed by atoms with E-state index in [1.54, 1.807) is 22.5 Å². The molecule has 1 aromatic rings. The van der Waals surface area contributed by atoms with Gasteiger partial charge in [0.05, 0.1) is 4.90 Å². The first kappa shape index (κ1) is 13.8. The molecule has 0 unspecified atom stereocenters. The second-order valence-electron chi connectivity index (χ2n) is 4.87. The molecular formula is C13H18ClNO2S. The Kier molecular flexibility index (Phi) is 4.30. The summed E-state index contributed by atoms with van der Waals surface area (Å²) in [6, 6.07) is 6.89. The van der Waals surface area contributed by atoms with Crippen molar-refractivity contribution in [3.05, 3.63) is 29.8 Å². The minimum Gasteiger partial charge on any atom is -0.207 e. The topological polar surface area (TPSA) is 37.4 Å². The summed E-state index contributed by atoms with van der Waals surface area (Å²) >= 11 is 5.75. The maximum atomic E-state index is 12.4. The van der Waals surface area contributed by atoms with Crippen molar-refractivity contribution in [2.24, 2.45) is 5.92 Å². The summed E-state index contributed by atoms with van der Waals surface area (Å²) in [5.74, 6) is 0.950. The lowest BCUT2D eigenvalue weighted by Gasteiger charge is -2.29. The van der Waals surface area contributed by atoms with Gasteiger partial charge < -0.3 is 0 Å². The van der Waals surface area contributed by atoms with Crippen LogP contribution in [0.3, 0.4) is 0 Å². The molecular weight excluding hydrogens is 270 g/mol. The van der Waals surface area contributed by atoms with Gasteiger partial charge in [-0.05, 0) is 36.5 Å². The summed E-state index contributed by atoms with van der Waals surface area (Å²) in [6.45, 7) is 3.40. The molecule has 0 atom stereocenters. The Morgan fingerprint density at radius 3 is 2.61 bits per heavy atom. The minimum atomic E-state index is -3.34. The van der Waals surface area contributed by atoms with Crippen LogP contribution in [0.25, 0.3) is 0 Å². The zero-order valence-corrected chi connectivity index (χ0v) is 12.0. The molecule has 1 heterocycles. The fourth-order valence-corrected chi connectivity index (χ4v) is 3.87. The molecule has 1 aliphatic heterocycles. The highest BCUT2D eigenvalue weighted by molar-refractivity contribution is 7.89. The van der Waals surface area contributed by atoms with Crippen molar-refractivity contribution in [2.45, 2.75) is 30.5 Å². The summed E-state index contributed by atoms with van der Waals surface area (Å²) in [6.07, 6.45) is 1.88. The molecule has 0 spiro atoms. The van der Waals surface area contributed by atoms with Crippen LogP contribution >= 0.6 is 11.6 Å². The molecule has 100 valence electrons. The van der Waals surface area contributed by atoms with Crippen molar-refractivity contribution in [2.75, 3.05) is 13.1 Å². The van der Waals surface area contributed by atoms with Crippen LogP contribution in [-0.2, 0) is 15.9 Å². The van der Waals surface area contributed by atoms with Gasteiger partial charge in [-0.3, -0.25) is 0 Å². The third-order valence-corrected chi connectivity index (χ3v) is 5.64. The van der Waals surface area contributed by atoms with Crippen molar-refractivity contribution in [1.82, 2.24) is 4.31 Å². The number of piperidine rings is 1. The van der Waals surface area contributed by atoms with Crippen LogP contribution in [0.2, 0.25) is 0 Å². The largest absolute Gasteiger partial charge is 0.243 e. The van der Waals surface area contributed by atoms with E-state index < -0.39 is 10.0 Å². The highest BCUT2D eigenvalue weighted by Gasteiger charge is 2.27. The van der Waals surface area contributed by atoms with Crippen LogP contribution < -0.4 is 0 Å². The van der Waals surface area contributed by atoms with E-state index in [4.69, 9.17) is 11.6 Å². The lowest BCUT2D eigenvalue weighted by molar-refractivity contribution is 0.288. The van der Waals surface area contributed by atoms with E-state index >= 15 is 0 Å². The maximum Gasteiger partial charge on any atom is 0.243 e. The lowest BCUT2D eigenvalue weighted by atomic mass is 10.0. The molecule has 0 amide bonds. The number of hydrogen-bond acceptors (Lipinski definition) is 2. The van der Waals surface area contributed by atoms with E-state index in [1.807, 2.05) is 6.07 Å². The van der Waals surface area contributed by atoms with E-state index in [9.17, 15) is 8.42 Å². The van der Waals surface area contributed by atoms with E-state index in [0.29, 0.717) is 29.8 Å². The number of sulfonamides is 1. The number of halogens is 1. The average molecular weight is 288 g/mol. The predicted molar refractivity (Wildman–Crippen MR) is 73.2 cm³/mol. The Bertz CT molecular complexity index is 507. The first-order chi connectivity index (χ1) is 8.54. The Balaban J connectivity index is 2.24. The normalized spacial score (nSPS) is 19.0. The average Bonchev–Trinajstić information content (AvgIpc) is 2.39. The van der Waals surface area contributed by atoms with Gasteiger partial charge in [-0.2, -0.15) is 4.31 Å². The molecule has 18 heavy (non-hydrogen) atoms. The third kappa shape index (κ3) is 2.87. The molecule has 0 N–H and O–H groups in total. The first-order valence-corrected chi connectivity index (χ1v) is 8.16. The summed E-state index contributed by atoms with van der Waals surface area (Å²) < 4.78 is 26.5. The van der Waals surface area contributed by atoms with Gasteiger partial charge in [0.2, 0.25) is 10.0 Å². The molecule has 1 aliphatic rings. The summed E-state index contributed by atoms with van der Waals surface area (Å²) in [7, 11) is -3.34. The molecule has 0 bridgehead atoms. The van der Waals surface area contributed by atoms with Crippen molar-refractivity contribution in [3.63, 3.8) is 0 Å². The molecule has 1 saturated heterocycles. The van der Waals surface area contributed by atoms with Crippen LogP contribution in [-0.4, -0.2) is 25.8 Å². The van der Waals surface area contributed by atoms with E-state index in [0.717, 1.165) is 18.4 Å². The monoisotopic (exact) mass is 287 g/mol. The fourth-order valence-electron chi connectivity index (χ4n) is 2.16. The number of nitrogens with zero attached hydrogens (tertiary/aromatic N) is 1. The maximum absolute atomic E-state index is 12.4. The molecule has 0 aromatic heterocycles. The van der Waals surface area contributed by atoms with Gasteiger partial charge >= 0.3 is 0 Å². The molecule has 3 nitrogen and oxygen atoms in total. The van der Waals surface area contributed by atoms with Crippen molar-refractivity contribution >= 4 is 21.6 Å². The zero-order valence-electron chi connectivity index (χ0n) is 10.5. The summed E-state index contributed by atoms with van der Waals surface area (Å²) in [4.78, 5) is 0.357. The van der Waals surface area contributed by atoms with Gasteiger partial charge in [0.15, 0.2) is 0 Å². The molecule has 2 rings (SSSR count). The Hall–Kier alpha value is -0.580. The number of hydrogen-bond donors (Lipinski definition) is 0. The first-order valence-electron chi connectivity index (χ1n) is 6.19. The zero-order chi connectivity index (χ0) is 13.2. The van der Waals surface area contributed by atoms with Crippen molar-refractivity contribution < 1.29 is 8.42 Å². The van der Waals surface area contributed by atoms with E-state index in [-0.39, 0.29) is 0 Å². The van der Waals surface area contributed by atoms with Gasteiger partial charge in [-0.15, -0.1) is 11.6 Å². The second kappa shape index (κ2) is 5.59. The fraction of sp³-hybridized carbons (Fsp3) is 0.538. The van der Waals surface area contributed by atoms with Gasteiger partial charge in [0, 0.05) is 19.0 Å². The lowest BCUT2D eigenvalue weighted by Crippen LogP contribution is -2.37. The molecule has 0 saturated carbocycles. The molecule has 1 fully saturated rings. The van der Waals surface area contributed by atoms with Crippen LogP contribution in [0.1, 0.15) is 25.3 Å². The highest BCUT2D eigenvalue weighted by atomic mass is 35.5. The van der Waals surface area contributed by atoms with Crippen LogP contribution in [0, 0.1) is 5.92 Å². The SMILES string of the molecule is CC1CCN(S(=O)(=O)c2cccc(CCl)c2)CC1. The third-order valence-electron chi connectivity index (χ3n) is 3.43. The van der Waals surface area contributed by atoms with Gasteiger partial charge in [-0.1, -0.05) is 19.1 Å². The Morgan fingerprint density at radius 1 is 1.33 bits per heavy atom. The standard InChI is InChI=1S/C13H18ClNO2S/c1-11-5-7-15(8-6-11)18(16,17)13-4-2-3-12(9-13)10-14/h2-4,9,11H,5-8,10H2,1H3. The van der Waals surface area contributed by atoms with Gasteiger partial charge in [0.25, 0.3) is 0 Å². The van der Waals surface area contributed by atoms with Crippen LogP contribution in [0.5, 0.6) is 0 Å². The van der Waals surface area contributed by atoms with Crippen molar-refractivity contribution in [1.29, 1.82) is 0 Å². The molecule has 1 aromatic carbocycles. The number of alkyl halides is 1.